The number of morpholine rings is 1. The summed E-state index contributed by atoms with van der Waals surface area (Å²) in [5.41, 5.74) is 0.697. The number of carbonyl (C=O) groups is 2. The third-order valence-corrected chi connectivity index (χ3v) is 2.94. The summed E-state index contributed by atoms with van der Waals surface area (Å²) in [7, 11) is 0. The van der Waals surface area contributed by atoms with Gasteiger partial charge in [-0.05, 0) is 23.8 Å². The van der Waals surface area contributed by atoms with Gasteiger partial charge in [0.05, 0.1) is 13.2 Å². The predicted molar refractivity (Wildman–Crippen MR) is 69.4 cm³/mol. The molecule has 1 aromatic rings. The highest BCUT2D eigenvalue weighted by atomic mass is 19.1. The van der Waals surface area contributed by atoms with Crippen LogP contribution in [0.3, 0.4) is 0 Å². The molecule has 1 aliphatic rings. The number of benzene rings is 1. The first-order valence-corrected chi connectivity index (χ1v) is 6.13. The maximum absolute atomic E-state index is 12.7. The van der Waals surface area contributed by atoms with Crippen LogP contribution in [0.2, 0.25) is 0 Å². The van der Waals surface area contributed by atoms with E-state index in [1.165, 1.54) is 23.1 Å². The van der Waals surface area contributed by atoms with Crippen LogP contribution >= 0.6 is 0 Å². The molecule has 20 heavy (non-hydrogen) atoms. The molecular formula is C14H14FNO4. The fraction of sp³-hybridized carbons (Fsp3) is 0.286. The van der Waals surface area contributed by atoms with E-state index >= 15 is 0 Å². The van der Waals surface area contributed by atoms with E-state index in [0.717, 1.165) is 0 Å². The van der Waals surface area contributed by atoms with Crippen molar-refractivity contribution in [1.29, 1.82) is 0 Å². The van der Waals surface area contributed by atoms with Crippen molar-refractivity contribution in [3.05, 3.63) is 41.7 Å². The van der Waals surface area contributed by atoms with Crippen molar-refractivity contribution < 1.29 is 23.8 Å². The van der Waals surface area contributed by atoms with Gasteiger partial charge in [0.25, 0.3) is 0 Å². The van der Waals surface area contributed by atoms with Crippen LogP contribution in [0.25, 0.3) is 6.08 Å². The molecule has 1 amide bonds. The highest BCUT2D eigenvalue weighted by Gasteiger charge is 2.27. The fourth-order valence-electron chi connectivity index (χ4n) is 1.85. The molecule has 1 unspecified atom stereocenters. The van der Waals surface area contributed by atoms with E-state index in [2.05, 4.69) is 0 Å². The number of hydrogen-bond donors (Lipinski definition) is 1. The monoisotopic (exact) mass is 279 g/mol. The van der Waals surface area contributed by atoms with E-state index < -0.39 is 12.1 Å². The Morgan fingerprint density at radius 1 is 1.35 bits per heavy atom. The van der Waals surface area contributed by atoms with Gasteiger partial charge in [0.1, 0.15) is 5.82 Å². The number of rotatable bonds is 3. The minimum Gasteiger partial charge on any atom is -0.479 e. The minimum atomic E-state index is -1.08. The Morgan fingerprint density at radius 2 is 2.05 bits per heavy atom. The molecule has 2 rings (SSSR count). The number of aliphatic carboxylic acids is 1. The number of amides is 1. The minimum absolute atomic E-state index is 0.0297. The van der Waals surface area contributed by atoms with Crippen LogP contribution in [0.1, 0.15) is 5.56 Å². The van der Waals surface area contributed by atoms with Crippen LogP contribution in [0, 0.1) is 5.82 Å². The average Bonchev–Trinajstić information content (AvgIpc) is 2.46. The number of ether oxygens (including phenoxy) is 1. The van der Waals surface area contributed by atoms with Crippen LogP contribution in [0.4, 0.5) is 4.39 Å². The zero-order valence-corrected chi connectivity index (χ0v) is 10.7. The Hall–Kier alpha value is -2.21. The second-order valence-electron chi connectivity index (χ2n) is 4.37. The van der Waals surface area contributed by atoms with Crippen molar-refractivity contribution in [2.24, 2.45) is 0 Å². The van der Waals surface area contributed by atoms with Crippen LogP contribution < -0.4 is 0 Å². The Bertz CT molecular complexity index is 526. The first kappa shape index (κ1) is 14.2. The van der Waals surface area contributed by atoms with Gasteiger partial charge in [0, 0.05) is 12.6 Å². The Labute approximate surface area is 115 Å². The number of halogens is 1. The molecule has 0 bridgehead atoms. The zero-order chi connectivity index (χ0) is 14.5. The van der Waals surface area contributed by atoms with E-state index in [1.54, 1.807) is 18.2 Å². The normalized spacial score (nSPS) is 19.2. The molecule has 0 aromatic heterocycles. The van der Waals surface area contributed by atoms with Crippen molar-refractivity contribution in [2.45, 2.75) is 6.10 Å². The van der Waals surface area contributed by atoms with Crippen molar-refractivity contribution >= 4 is 18.0 Å². The first-order valence-electron chi connectivity index (χ1n) is 6.13. The highest BCUT2D eigenvalue weighted by molar-refractivity contribution is 5.92. The lowest BCUT2D eigenvalue weighted by Gasteiger charge is -2.30. The topological polar surface area (TPSA) is 66.8 Å². The van der Waals surface area contributed by atoms with Gasteiger partial charge >= 0.3 is 5.97 Å². The summed E-state index contributed by atoms with van der Waals surface area (Å²) in [6, 6.07) is 5.72. The van der Waals surface area contributed by atoms with Crippen molar-refractivity contribution in [3.63, 3.8) is 0 Å². The highest BCUT2D eigenvalue weighted by Crippen LogP contribution is 2.08. The second kappa shape index (κ2) is 6.29. The number of nitrogens with zero attached hydrogens (tertiary/aromatic N) is 1. The standard InChI is InChI=1S/C14H14FNO4/c15-11-4-1-10(2-5-11)3-6-13(17)16-7-8-20-12(9-16)14(18)19/h1-6,12H,7-9H2,(H,18,19). The zero-order valence-electron chi connectivity index (χ0n) is 10.7. The van der Waals surface area contributed by atoms with Gasteiger partial charge in [-0.3, -0.25) is 4.79 Å². The Morgan fingerprint density at radius 3 is 2.70 bits per heavy atom. The first-order chi connectivity index (χ1) is 9.56. The van der Waals surface area contributed by atoms with E-state index in [9.17, 15) is 14.0 Å². The molecule has 0 aliphatic carbocycles. The molecule has 1 aliphatic heterocycles. The smallest absolute Gasteiger partial charge is 0.334 e. The van der Waals surface area contributed by atoms with Gasteiger partial charge in [-0.25, -0.2) is 9.18 Å². The number of carboxylic acids is 1. The molecule has 106 valence electrons. The Balaban J connectivity index is 1.97. The summed E-state index contributed by atoms with van der Waals surface area (Å²) in [5, 5.41) is 8.86. The molecule has 1 aromatic carbocycles. The van der Waals surface area contributed by atoms with Crippen molar-refractivity contribution in [1.82, 2.24) is 4.90 Å². The van der Waals surface area contributed by atoms with Gasteiger partial charge in [-0.15, -0.1) is 0 Å². The van der Waals surface area contributed by atoms with Crippen molar-refractivity contribution in [2.75, 3.05) is 19.7 Å². The molecule has 5 nitrogen and oxygen atoms in total. The molecule has 1 heterocycles. The predicted octanol–water partition coefficient (Wildman–Crippen LogP) is 1.15. The molecule has 1 atom stereocenters. The molecule has 1 fully saturated rings. The number of hydrogen-bond acceptors (Lipinski definition) is 3. The lowest BCUT2D eigenvalue weighted by Crippen LogP contribution is -2.48. The van der Waals surface area contributed by atoms with Gasteiger partial charge in [0.2, 0.25) is 5.91 Å². The van der Waals surface area contributed by atoms with E-state index in [-0.39, 0.29) is 24.9 Å². The van der Waals surface area contributed by atoms with E-state index in [0.29, 0.717) is 12.1 Å². The SMILES string of the molecule is O=C(O)C1CN(C(=O)C=Cc2ccc(F)cc2)CCO1. The lowest BCUT2D eigenvalue weighted by atomic mass is 10.2. The van der Waals surface area contributed by atoms with Crippen molar-refractivity contribution in [3.8, 4) is 0 Å². The number of carbonyl (C=O) groups excluding carboxylic acids is 1. The third kappa shape index (κ3) is 3.64. The Kier molecular flexibility index (Phi) is 4.47. The summed E-state index contributed by atoms with van der Waals surface area (Å²) in [6.45, 7) is 0.589. The van der Waals surface area contributed by atoms with Crippen LogP contribution in [0.15, 0.2) is 30.3 Å². The summed E-state index contributed by atoms with van der Waals surface area (Å²) in [5.74, 6) is -1.71. The summed E-state index contributed by atoms with van der Waals surface area (Å²) in [4.78, 5) is 24.2. The molecule has 1 saturated heterocycles. The van der Waals surface area contributed by atoms with Gasteiger partial charge in [-0.2, -0.15) is 0 Å². The molecule has 6 heteroatoms. The molecule has 0 radical (unpaired) electrons. The van der Waals surface area contributed by atoms with Gasteiger partial charge in [-0.1, -0.05) is 12.1 Å². The van der Waals surface area contributed by atoms with Gasteiger partial charge < -0.3 is 14.7 Å². The third-order valence-electron chi connectivity index (χ3n) is 2.94. The molecule has 1 N–H and O–H groups in total. The van der Waals surface area contributed by atoms with Gasteiger partial charge in [0.15, 0.2) is 6.10 Å². The van der Waals surface area contributed by atoms with E-state index in [1.807, 2.05) is 0 Å². The fourth-order valence-corrected chi connectivity index (χ4v) is 1.85. The van der Waals surface area contributed by atoms with Crippen LogP contribution in [-0.2, 0) is 14.3 Å². The maximum Gasteiger partial charge on any atom is 0.334 e. The molecule has 0 spiro atoms. The average molecular weight is 279 g/mol. The maximum atomic E-state index is 12.7. The summed E-state index contributed by atoms with van der Waals surface area (Å²) < 4.78 is 17.8. The second-order valence-corrected chi connectivity index (χ2v) is 4.37. The number of carboxylic acid groups (broad SMARTS) is 1. The van der Waals surface area contributed by atoms with Crippen LogP contribution in [-0.4, -0.2) is 47.7 Å². The summed E-state index contributed by atoms with van der Waals surface area (Å²) in [6.07, 6.45) is 1.93. The largest absolute Gasteiger partial charge is 0.479 e. The summed E-state index contributed by atoms with van der Waals surface area (Å²) >= 11 is 0. The van der Waals surface area contributed by atoms with Crippen LogP contribution in [0.5, 0.6) is 0 Å². The van der Waals surface area contributed by atoms with E-state index in [4.69, 9.17) is 9.84 Å². The lowest BCUT2D eigenvalue weighted by molar-refractivity contribution is -0.158. The molecular weight excluding hydrogens is 265 g/mol. The quantitative estimate of drug-likeness (QED) is 0.843. The molecule has 0 saturated carbocycles.